The molecule has 0 amide bonds. The third-order valence-electron chi connectivity index (χ3n) is 4.37. The van der Waals surface area contributed by atoms with Gasteiger partial charge in [-0.3, -0.25) is 0 Å². The lowest BCUT2D eigenvalue weighted by Crippen LogP contribution is -2.22. The van der Waals surface area contributed by atoms with Gasteiger partial charge in [-0.1, -0.05) is 23.2 Å². The number of hydrogen-bond donors (Lipinski definition) is 3. The van der Waals surface area contributed by atoms with E-state index in [0.29, 0.717) is 44.3 Å². The van der Waals surface area contributed by atoms with E-state index >= 15 is 0 Å². The molecule has 2 heterocycles. The number of methoxy groups -OCH3 is 1. The van der Waals surface area contributed by atoms with E-state index in [1.54, 1.807) is 31.5 Å². The van der Waals surface area contributed by atoms with Crippen LogP contribution in [0.2, 0.25) is 10.0 Å². The highest BCUT2D eigenvalue weighted by molar-refractivity contribution is 7.80. The van der Waals surface area contributed by atoms with E-state index in [9.17, 15) is 0 Å². The second-order valence-corrected chi connectivity index (χ2v) is 7.93. The van der Waals surface area contributed by atoms with Gasteiger partial charge in [0.05, 0.1) is 13.3 Å². The van der Waals surface area contributed by atoms with E-state index in [-0.39, 0.29) is 0 Å². The fourth-order valence-corrected chi connectivity index (χ4v) is 3.77. The van der Waals surface area contributed by atoms with E-state index in [2.05, 4.69) is 37.9 Å². The van der Waals surface area contributed by atoms with Gasteiger partial charge in [-0.05, 0) is 56.3 Å². The van der Waals surface area contributed by atoms with Crippen molar-refractivity contribution < 1.29 is 4.74 Å². The number of benzene rings is 1. The van der Waals surface area contributed by atoms with Gasteiger partial charge in [-0.2, -0.15) is 4.98 Å². The smallest absolute Gasteiger partial charge is 0.231 e. The molecular formula is C18H22Cl2N6OS. The summed E-state index contributed by atoms with van der Waals surface area (Å²) in [4.78, 5) is 11.1. The highest BCUT2D eigenvalue weighted by Crippen LogP contribution is 2.25. The number of nitrogens with zero attached hydrogens (tertiary/aromatic N) is 3. The van der Waals surface area contributed by atoms with Crippen LogP contribution in [0, 0.1) is 5.92 Å². The van der Waals surface area contributed by atoms with Gasteiger partial charge in [-0.15, -0.1) is 0 Å². The molecule has 7 nitrogen and oxygen atoms in total. The summed E-state index contributed by atoms with van der Waals surface area (Å²) in [7, 11) is 3.73. The van der Waals surface area contributed by atoms with Crippen LogP contribution in [0.15, 0.2) is 24.4 Å². The minimum Gasteiger partial charge on any atom is -0.491 e. The number of likely N-dealkylation sites (tertiary alicyclic amines) is 1. The highest BCUT2D eigenvalue weighted by atomic mass is 35.5. The molecule has 1 atom stereocenters. The quantitative estimate of drug-likeness (QED) is 0.582. The van der Waals surface area contributed by atoms with Crippen LogP contribution in [0.3, 0.4) is 0 Å². The van der Waals surface area contributed by atoms with E-state index in [4.69, 9.17) is 40.2 Å². The summed E-state index contributed by atoms with van der Waals surface area (Å²) >= 11 is 17.3. The lowest BCUT2D eigenvalue weighted by atomic mass is 10.1. The molecule has 0 radical (unpaired) electrons. The molecule has 10 heteroatoms. The Bertz CT molecular complexity index is 833. The maximum absolute atomic E-state index is 6.01. The van der Waals surface area contributed by atoms with Crippen LogP contribution in [0.1, 0.15) is 6.42 Å². The van der Waals surface area contributed by atoms with Crippen molar-refractivity contribution in [2.24, 2.45) is 5.92 Å². The molecule has 3 N–H and O–H groups in total. The summed E-state index contributed by atoms with van der Waals surface area (Å²) in [6, 6.07) is 5.10. The van der Waals surface area contributed by atoms with Gasteiger partial charge in [0.1, 0.15) is 0 Å². The summed E-state index contributed by atoms with van der Waals surface area (Å²) in [6.07, 6.45) is 2.77. The number of ether oxygens (including phenoxy) is 1. The minimum absolute atomic E-state index is 0.326. The number of rotatable bonds is 6. The summed E-state index contributed by atoms with van der Waals surface area (Å²) in [6.45, 7) is 3.01. The topological polar surface area (TPSA) is 74.3 Å². The molecule has 0 aliphatic carbocycles. The van der Waals surface area contributed by atoms with Crippen LogP contribution < -0.4 is 20.7 Å². The highest BCUT2D eigenvalue weighted by Gasteiger charge is 2.20. The Balaban J connectivity index is 1.63. The van der Waals surface area contributed by atoms with Gasteiger partial charge in [0, 0.05) is 28.8 Å². The normalized spacial score (nSPS) is 16.6. The lowest BCUT2D eigenvalue weighted by molar-refractivity contribution is 0.398. The zero-order chi connectivity index (χ0) is 20.1. The summed E-state index contributed by atoms with van der Waals surface area (Å²) in [5.41, 5.74) is 0.673. The van der Waals surface area contributed by atoms with Crippen LogP contribution >= 0.6 is 35.4 Å². The van der Waals surface area contributed by atoms with Gasteiger partial charge in [0.25, 0.3) is 0 Å². The van der Waals surface area contributed by atoms with E-state index < -0.39 is 0 Å². The lowest BCUT2D eigenvalue weighted by Gasteiger charge is -2.15. The van der Waals surface area contributed by atoms with Gasteiger partial charge in [0.15, 0.2) is 16.7 Å². The number of anilines is 3. The number of hydrogen-bond acceptors (Lipinski definition) is 6. The Hall–Kier alpha value is -1.87. The number of nitrogens with one attached hydrogen (secondary N) is 3. The van der Waals surface area contributed by atoms with Crippen molar-refractivity contribution in [3.8, 4) is 5.75 Å². The molecule has 2 aromatic rings. The first-order valence-electron chi connectivity index (χ1n) is 8.80. The van der Waals surface area contributed by atoms with Crippen molar-refractivity contribution in [1.82, 2.24) is 14.9 Å². The van der Waals surface area contributed by atoms with E-state index in [1.165, 1.54) is 0 Å². The van der Waals surface area contributed by atoms with Crippen molar-refractivity contribution in [3.05, 3.63) is 34.4 Å². The molecule has 0 bridgehead atoms. The van der Waals surface area contributed by atoms with Gasteiger partial charge in [0.2, 0.25) is 5.95 Å². The maximum Gasteiger partial charge on any atom is 0.231 e. The Morgan fingerprint density at radius 1 is 1.29 bits per heavy atom. The van der Waals surface area contributed by atoms with Crippen molar-refractivity contribution in [3.63, 3.8) is 0 Å². The van der Waals surface area contributed by atoms with Crippen molar-refractivity contribution in [1.29, 1.82) is 0 Å². The van der Waals surface area contributed by atoms with Gasteiger partial charge < -0.3 is 25.6 Å². The van der Waals surface area contributed by atoms with E-state index in [0.717, 1.165) is 26.1 Å². The van der Waals surface area contributed by atoms with Gasteiger partial charge >= 0.3 is 0 Å². The molecule has 1 aliphatic heterocycles. The molecule has 3 rings (SSSR count). The zero-order valence-electron chi connectivity index (χ0n) is 15.6. The molecule has 1 aromatic heterocycles. The fourth-order valence-electron chi connectivity index (χ4n) is 3.03. The Morgan fingerprint density at radius 3 is 2.68 bits per heavy atom. The van der Waals surface area contributed by atoms with Gasteiger partial charge in [-0.25, -0.2) is 4.98 Å². The molecule has 1 aliphatic rings. The second kappa shape index (κ2) is 9.56. The Labute approximate surface area is 179 Å². The van der Waals surface area contributed by atoms with Crippen molar-refractivity contribution in [2.75, 3.05) is 49.7 Å². The molecule has 1 fully saturated rings. The molecular weight excluding hydrogens is 419 g/mol. The van der Waals surface area contributed by atoms with Crippen LogP contribution in [0.4, 0.5) is 17.5 Å². The van der Waals surface area contributed by atoms with Crippen molar-refractivity contribution >= 4 is 58.0 Å². The van der Waals surface area contributed by atoms with Crippen LogP contribution in [0.25, 0.3) is 0 Å². The third-order valence-corrected chi connectivity index (χ3v) is 5.01. The number of thiocarbonyl (C=S) groups is 1. The number of halogens is 2. The molecule has 1 unspecified atom stereocenters. The second-order valence-electron chi connectivity index (χ2n) is 6.65. The average molecular weight is 441 g/mol. The molecule has 28 heavy (non-hydrogen) atoms. The molecule has 0 saturated carbocycles. The summed E-state index contributed by atoms with van der Waals surface area (Å²) in [5.74, 6) is 2.15. The summed E-state index contributed by atoms with van der Waals surface area (Å²) in [5, 5.41) is 10.7. The molecule has 0 spiro atoms. The molecule has 150 valence electrons. The Kier molecular flexibility index (Phi) is 7.12. The summed E-state index contributed by atoms with van der Waals surface area (Å²) < 4.78 is 5.36. The largest absolute Gasteiger partial charge is 0.491 e. The predicted octanol–water partition coefficient (Wildman–Crippen LogP) is 3.96. The standard InChI is InChI=1S/C18H22Cl2N6OS/c1-26-4-3-11(10-26)8-21-16-15(27-2)9-22-17(24-16)25-18(28)23-14-6-12(19)5-13(20)7-14/h5-7,9,11H,3-4,8,10H2,1-2H3,(H3,21,22,23,24,25,28). The zero-order valence-corrected chi connectivity index (χ0v) is 18.0. The fraction of sp³-hybridized carbons (Fsp3) is 0.389. The first kappa shape index (κ1) is 20.9. The van der Waals surface area contributed by atoms with Crippen LogP contribution in [0.5, 0.6) is 5.75 Å². The number of aromatic nitrogens is 2. The maximum atomic E-state index is 6.01. The SMILES string of the molecule is COc1cnc(NC(=S)Nc2cc(Cl)cc(Cl)c2)nc1NCC1CCN(C)C1. The van der Waals surface area contributed by atoms with Crippen LogP contribution in [-0.2, 0) is 0 Å². The third kappa shape index (κ3) is 5.81. The first-order chi connectivity index (χ1) is 13.4. The van der Waals surface area contributed by atoms with Crippen LogP contribution in [-0.4, -0.2) is 53.8 Å². The Morgan fingerprint density at radius 2 is 2.04 bits per heavy atom. The first-order valence-corrected chi connectivity index (χ1v) is 9.97. The van der Waals surface area contributed by atoms with Crippen molar-refractivity contribution in [2.45, 2.75) is 6.42 Å². The molecule has 1 saturated heterocycles. The predicted molar refractivity (Wildman–Crippen MR) is 119 cm³/mol. The average Bonchev–Trinajstić information content (AvgIpc) is 3.04. The molecule has 1 aromatic carbocycles. The van der Waals surface area contributed by atoms with E-state index in [1.807, 2.05) is 0 Å². The monoisotopic (exact) mass is 440 g/mol. The minimum atomic E-state index is 0.326.